The van der Waals surface area contributed by atoms with Crippen molar-refractivity contribution in [3.05, 3.63) is 29.6 Å². The molecule has 1 aliphatic heterocycles. The Labute approximate surface area is 112 Å². The van der Waals surface area contributed by atoms with Gasteiger partial charge in [0.05, 0.1) is 11.3 Å². The third kappa shape index (κ3) is 2.87. The summed E-state index contributed by atoms with van der Waals surface area (Å²) in [7, 11) is 0. The van der Waals surface area contributed by atoms with Gasteiger partial charge in [0.25, 0.3) is 5.91 Å². The van der Waals surface area contributed by atoms with Crippen molar-refractivity contribution < 1.29 is 9.18 Å². The minimum atomic E-state index is -0.508. The van der Waals surface area contributed by atoms with Gasteiger partial charge in [-0.15, -0.1) is 0 Å². The molecule has 19 heavy (non-hydrogen) atoms. The number of nitrogens with two attached hydrogens (primary N) is 1. The second kappa shape index (κ2) is 5.57. The molecule has 5 heteroatoms. The fraction of sp³-hybridized carbons (Fsp3) is 0.500. The molecule has 0 spiro atoms. The van der Waals surface area contributed by atoms with E-state index in [-0.39, 0.29) is 11.6 Å². The number of hydrogen-bond acceptors (Lipinski definition) is 3. The van der Waals surface area contributed by atoms with Gasteiger partial charge in [0.2, 0.25) is 0 Å². The predicted octanol–water partition coefficient (Wildman–Crippen LogP) is 2.23. The summed E-state index contributed by atoms with van der Waals surface area (Å²) in [6, 6.07) is 4.41. The molecule has 1 aromatic rings. The summed E-state index contributed by atoms with van der Waals surface area (Å²) in [6.07, 6.45) is 1.12. The van der Waals surface area contributed by atoms with Crippen LogP contribution < -0.4 is 11.3 Å². The lowest BCUT2D eigenvalue weighted by atomic mass is 9.91. The summed E-state index contributed by atoms with van der Waals surface area (Å²) < 4.78 is 13.6. The van der Waals surface area contributed by atoms with Gasteiger partial charge in [0, 0.05) is 13.1 Å². The van der Waals surface area contributed by atoms with E-state index in [1.807, 2.05) is 0 Å². The number of nitrogens with one attached hydrogen (secondary N) is 1. The van der Waals surface area contributed by atoms with Gasteiger partial charge in [-0.1, -0.05) is 19.9 Å². The van der Waals surface area contributed by atoms with E-state index in [2.05, 4.69) is 19.3 Å². The average Bonchev–Trinajstić information content (AvgIpc) is 2.36. The van der Waals surface area contributed by atoms with Gasteiger partial charge in [-0.3, -0.25) is 10.6 Å². The number of halogens is 1. The van der Waals surface area contributed by atoms with E-state index in [4.69, 9.17) is 5.84 Å². The molecule has 0 radical (unpaired) electrons. The van der Waals surface area contributed by atoms with E-state index >= 15 is 0 Å². The first-order chi connectivity index (χ1) is 9.02. The molecule has 1 saturated heterocycles. The van der Waals surface area contributed by atoms with Gasteiger partial charge in [0.15, 0.2) is 0 Å². The van der Waals surface area contributed by atoms with E-state index in [1.165, 1.54) is 12.1 Å². The van der Waals surface area contributed by atoms with Crippen molar-refractivity contribution in [1.82, 2.24) is 4.90 Å². The zero-order valence-corrected chi connectivity index (χ0v) is 11.3. The molecule has 0 aliphatic carbocycles. The van der Waals surface area contributed by atoms with Crippen LogP contribution in [0.25, 0.3) is 0 Å². The summed E-state index contributed by atoms with van der Waals surface area (Å²) in [5.74, 6) is 5.58. The lowest BCUT2D eigenvalue weighted by Crippen LogP contribution is -2.42. The third-order valence-electron chi connectivity index (χ3n) is 3.54. The molecule has 1 heterocycles. The normalized spacial score (nSPS) is 23.3. The zero-order chi connectivity index (χ0) is 14.0. The predicted molar refractivity (Wildman–Crippen MR) is 73.1 cm³/mol. The van der Waals surface area contributed by atoms with E-state index in [9.17, 15) is 9.18 Å². The molecule has 2 atom stereocenters. The number of likely N-dealkylation sites (tertiary alicyclic amines) is 1. The molecule has 0 bridgehead atoms. The second-order valence-electron chi connectivity index (χ2n) is 5.46. The van der Waals surface area contributed by atoms with Gasteiger partial charge < -0.3 is 10.3 Å². The molecule has 3 N–H and O–H groups in total. The number of para-hydroxylation sites is 1. The fourth-order valence-corrected chi connectivity index (χ4v) is 2.85. The van der Waals surface area contributed by atoms with Crippen molar-refractivity contribution in [2.45, 2.75) is 20.3 Å². The van der Waals surface area contributed by atoms with Crippen LogP contribution in [0.4, 0.5) is 10.1 Å². The lowest BCUT2D eigenvalue weighted by molar-refractivity contribution is 0.0623. The number of anilines is 1. The highest BCUT2D eigenvalue weighted by Gasteiger charge is 2.27. The SMILES string of the molecule is CC1CC(C)CN(C(=O)c2cccc(F)c2NN)C1. The molecule has 1 amide bonds. The van der Waals surface area contributed by atoms with E-state index in [0.717, 1.165) is 6.42 Å². The van der Waals surface area contributed by atoms with Gasteiger partial charge in [-0.05, 0) is 30.4 Å². The van der Waals surface area contributed by atoms with Gasteiger partial charge in [0.1, 0.15) is 5.82 Å². The summed E-state index contributed by atoms with van der Waals surface area (Å²) in [5.41, 5.74) is 2.65. The number of rotatable bonds is 2. The van der Waals surface area contributed by atoms with E-state index < -0.39 is 5.82 Å². The third-order valence-corrected chi connectivity index (χ3v) is 3.54. The smallest absolute Gasteiger partial charge is 0.256 e. The monoisotopic (exact) mass is 265 g/mol. The Kier molecular flexibility index (Phi) is 4.04. The fourth-order valence-electron chi connectivity index (χ4n) is 2.85. The average molecular weight is 265 g/mol. The molecule has 0 saturated carbocycles. The second-order valence-corrected chi connectivity index (χ2v) is 5.46. The van der Waals surface area contributed by atoms with Crippen molar-refractivity contribution in [2.75, 3.05) is 18.5 Å². The largest absolute Gasteiger partial charge is 0.338 e. The van der Waals surface area contributed by atoms with Crippen LogP contribution in [0.5, 0.6) is 0 Å². The Bertz CT molecular complexity index is 468. The molecule has 104 valence electrons. The highest BCUT2D eigenvalue weighted by atomic mass is 19.1. The van der Waals surface area contributed by atoms with Crippen LogP contribution in [0.1, 0.15) is 30.6 Å². The maximum Gasteiger partial charge on any atom is 0.256 e. The first-order valence-electron chi connectivity index (χ1n) is 6.57. The minimum Gasteiger partial charge on any atom is -0.338 e. The number of amides is 1. The maximum absolute atomic E-state index is 13.6. The number of carbonyl (C=O) groups excluding carboxylic acids is 1. The number of hydrazine groups is 1. The highest BCUT2D eigenvalue weighted by Crippen LogP contribution is 2.25. The standard InChI is InChI=1S/C14H20FN3O/c1-9-6-10(2)8-18(7-9)14(19)11-4-3-5-12(15)13(11)17-16/h3-5,9-10,17H,6-8,16H2,1-2H3. The van der Waals surface area contributed by atoms with Crippen LogP contribution in [0.2, 0.25) is 0 Å². The Morgan fingerprint density at radius 1 is 1.37 bits per heavy atom. The quantitative estimate of drug-likeness (QED) is 0.637. The first-order valence-corrected chi connectivity index (χ1v) is 6.57. The Morgan fingerprint density at radius 2 is 2.00 bits per heavy atom. The molecule has 2 unspecified atom stereocenters. The molecule has 2 rings (SSSR count). The molecule has 4 nitrogen and oxygen atoms in total. The Morgan fingerprint density at radius 3 is 2.58 bits per heavy atom. The molecular weight excluding hydrogens is 245 g/mol. The number of piperidine rings is 1. The van der Waals surface area contributed by atoms with Crippen LogP contribution in [0.15, 0.2) is 18.2 Å². The van der Waals surface area contributed by atoms with Gasteiger partial charge >= 0.3 is 0 Å². The molecule has 1 aliphatic rings. The van der Waals surface area contributed by atoms with Crippen LogP contribution in [-0.4, -0.2) is 23.9 Å². The molecular formula is C14H20FN3O. The summed E-state index contributed by atoms with van der Waals surface area (Å²) >= 11 is 0. The van der Waals surface area contributed by atoms with E-state index in [0.29, 0.717) is 30.5 Å². The van der Waals surface area contributed by atoms with Crippen molar-refractivity contribution in [1.29, 1.82) is 0 Å². The van der Waals surface area contributed by atoms with E-state index in [1.54, 1.807) is 11.0 Å². The number of nitrogens with zero attached hydrogens (tertiary/aromatic N) is 1. The molecule has 1 aromatic carbocycles. The summed E-state index contributed by atoms with van der Waals surface area (Å²) in [6.45, 7) is 5.68. The molecule has 0 aromatic heterocycles. The number of nitrogen functional groups attached to an aromatic ring is 1. The lowest BCUT2D eigenvalue weighted by Gasteiger charge is -2.35. The number of hydrogen-bond donors (Lipinski definition) is 2. The van der Waals surface area contributed by atoms with Crippen molar-refractivity contribution in [3.63, 3.8) is 0 Å². The van der Waals surface area contributed by atoms with Crippen molar-refractivity contribution >= 4 is 11.6 Å². The summed E-state index contributed by atoms with van der Waals surface area (Å²) in [4.78, 5) is 14.3. The van der Waals surface area contributed by atoms with Gasteiger partial charge in [-0.2, -0.15) is 0 Å². The Hall–Kier alpha value is -1.62. The topological polar surface area (TPSA) is 58.4 Å². The van der Waals surface area contributed by atoms with Crippen LogP contribution >= 0.6 is 0 Å². The van der Waals surface area contributed by atoms with Gasteiger partial charge in [-0.25, -0.2) is 4.39 Å². The minimum absolute atomic E-state index is 0.0679. The number of benzene rings is 1. The van der Waals surface area contributed by atoms with Crippen LogP contribution in [-0.2, 0) is 0 Å². The van der Waals surface area contributed by atoms with Crippen LogP contribution in [0, 0.1) is 17.7 Å². The van der Waals surface area contributed by atoms with Crippen molar-refractivity contribution in [3.8, 4) is 0 Å². The number of carbonyl (C=O) groups is 1. The highest BCUT2D eigenvalue weighted by molar-refractivity contribution is 5.99. The zero-order valence-electron chi connectivity index (χ0n) is 11.3. The summed E-state index contributed by atoms with van der Waals surface area (Å²) in [5, 5.41) is 0. The van der Waals surface area contributed by atoms with Crippen LogP contribution in [0.3, 0.4) is 0 Å². The first kappa shape index (κ1) is 13.8. The maximum atomic E-state index is 13.6. The Balaban J connectivity index is 2.26. The van der Waals surface area contributed by atoms with Crippen molar-refractivity contribution in [2.24, 2.45) is 17.7 Å². The molecule has 1 fully saturated rings.